The van der Waals surface area contributed by atoms with Gasteiger partial charge in [-0.1, -0.05) is 35.7 Å². The van der Waals surface area contributed by atoms with Gasteiger partial charge in [-0.25, -0.2) is 9.97 Å². The number of rotatable bonds is 4. The standard InChI is InChI=1S/C27H22ClN3O/c1-18-14-26(30-17-27(32)12-13-27)31-25-11-3-19(15-24(18)25)2-9-23-10-6-21(16-29-23)20-4-7-22(28)8-5-20/h3-8,10-11,14-16,32H,12-13,17H2,1H3,(H,30,31). The molecule has 4 nitrogen and oxygen atoms in total. The molecule has 0 radical (unpaired) electrons. The van der Waals surface area contributed by atoms with Gasteiger partial charge in [0.2, 0.25) is 0 Å². The highest BCUT2D eigenvalue weighted by Gasteiger charge is 2.40. The Morgan fingerprint density at radius 2 is 1.78 bits per heavy atom. The lowest BCUT2D eigenvalue weighted by molar-refractivity contribution is 0.164. The van der Waals surface area contributed by atoms with Crippen LogP contribution in [0.25, 0.3) is 22.0 Å². The number of halogens is 1. The lowest BCUT2D eigenvalue weighted by Gasteiger charge is -2.12. The molecule has 0 aliphatic heterocycles. The summed E-state index contributed by atoms with van der Waals surface area (Å²) in [6.07, 6.45) is 3.54. The minimum Gasteiger partial charge on any atom is -0.388 e. The highest BCUT2D eigenvalue weighted by molar-refractivity contribution is 6.30. The molecule has 1 saturated carbocycles. The third kappa shape index (κ3) is 4.60. The predicted octanol–water partition coefficient (Wildman–Crippen LogP) is 5.60. The van der Waals surface area contributed by atoms with Gasteiger partial charge in [0.15, 0.2) is 0 Å². The zero-order valence-corrected chi connectivity index (χ0v) is 18.4. The summed E-state index contributed by atoms with van der Waals surface area (Å²) in [5.41, 5.74) is 5.21. The van der Waals surface area contributed by atoms with E-state index in [4.69, 9.17) is 11.6 Å². The first-order valence-electron chi connectivity index (χ1n) is 10.6. The van der Waals surface area contributed by atoms with Gasteiger partial charge >= 0.3 is 0 Å². The topological polar surface area (TPSA) is 58.0 Å². The average molecular weight is 440 g/mol. The fraction of sp³-hybridized carbons (Fsp3) is 0.185. The van der Waals surface area contributed by atoms with E-state index in [9.17, 15) is 5.11 Å². The SMILES string of the molecule is Cc1cc(NCC2(O)CC2)nc2ccc(C#Cc3ccc(-c4ccc(Cl)cc4)cn3)cc12. The summed E-state index contributed by atoms with van der Waals surface area (Å²) in [5.74, 6) is 7.14. The van der Waals surface area contributed by atoms with E-state index in [1.54, 1.807) is 0 Å². The summed E-state index contributed by atoms with van der Waals surface area (Å²) >= 11 is 5.96. The largest absolute Gasteiger partial charge is 0.388 e. The van der Waals surface area contributed by atoms with Crippen molar-refractivity contribution in [1.29, 1.82) is 0 Å². The van der Waals surface area contributed by atoms with E-state index < -0.39 is 5.60 Å². The number of fused-ring (bicyclic) bond motifs is 1. The number of pyridine rings is 2. The van der Waals surface area contributed by atoms with Gasteiger partial charge in [-0.05, 0) is 79.3 Å². The Bertz CT molecular complexity index is 1350. The quantitative estimate of drug-likeness (QED) is 0.406. The van der Waals surface area contributed by atoms with Crippen LogP contribution in [0.2, 0.25) is 5.02 Å². The van der Waals surface area contributed by atoms with E-state index >= 15 is 0 Å². The van der Waals surface area contributed by atoms with Crippen LogP contribution < -0.4 is 5.32 Å². The van der Waals surface area contributed by atoms with Crippen molar-refractivity contribution in [3.63, 3.8) is 0 Å². The molecule has 4 aromatic rings. The van der Waals surface area contributed by atoms with Gasteiger partial charge in [-0.3, -0.25) is 0 Å². The Balaban J connectivity index is 1.34. The molecule has 32 heavy (non-hydrogen) atoms. The van der Waals surface area contributed by atoms with Crippen LogP contribution in [-0.4, -0.2) is 27.2 Å². The fourth-order valence-electron chi connectivity index (χ4n) is 3.56. The van der Waals surface area contributed by atoms with Crippen LogP contribution in [0.3, 0.4) is 0 Å². The maximum absolute atomic E-state index is 10.0. The number of hydrogen-bond acceptors (Lipinski definition) is 4. The second-order valence-corrected chi connectivity index (χ2v) is 8.76. The summed E-state index contributed by atoms with van der Waals surface area (Å²) in [4.78, 5) is 9.16. The molecule has 1 aliphatic rings. The second-order valence-electron chi connectivity index (χ2n) is 8.32. The molecule has 158 valence electrons. The number of benzene rings is 2. The Morgan fingerprint density at radius 1 is 1.00 bits per heavy atom. The molecular formula is C27H22ClN3O. The van der Waals surface area contributed by atoms with Crippen molar-refractivity contribution in [1.82, 2.24) is 9.97 Å². The number of nitrogens with zero attached hydrogens (tertiary/aromatic N) is 2. The molecule has 2 N–H and O–H groups in total. The number of anilines is 1. The van der Waals surface area contributed by atoms with Crippen molar-refractivity contribution < 1.29 is 5.11 Å². The molecule has 5 rings (SSSR count). The van der Waals surface area contributed by atoms with Gasteiger partial charge in [-0.2, -0.15) is 0 Å². The van der Waals surface area contributed by atoms with E-state index in [2.05, 4.69) is 40.1 Å². The van der Waals surface area contributed by atoms with Gasteiger partial charge in [-0.15, -0.1) is 0 Å². The fourth-order valence-corrected chi connectivity index (χ4v) is 3.68. The Kier molecular flexibility index (Phi) is 5.30. The Morgan fingerprint density at radius 3 is 2.50 bits per heavy atom. The molecule has 2 aromatic heterocycles. The zero-order chi connectivity index (χ0) is 22.1. The van der Waals surface area contributed by atoms with E-state index in [0.717, 1.165) is 57.5 Å². The number of aromatic nitrogens is 2. The molecule has 0 spiro atoms. The maximum Gasteiger partial charge on any atom is 0.127 e. The van der Waals surface area contributed by atoms with Crippen molar-refractivity contribution >= 4 is 28.3 Å². The molecular weight excluding hydrogens is 418 g/mol. The number of aryl methyl sites for hydroxylation is 1. The lowest BCUT2D eigenvalue weighted by Crippen LogP contribution is -2.21. The summed E-state index contributed by atoms with van der Waals surface area (Å²) in [5, 5.41) is 15.1. The molecule has 2 aromatic carbocycles. The smallest absolute Gasteiger partial charge is 0.127 e. The van der Waals surface area contributed by atoms with E-state index in [1.165, 1.54) is 0 Å². The van der Waals surface area contributed by atoms with Crippen LogP contribution in [0, 0.1) is 18.8 Å². The molecule has 2 heterocycles. The van der Waals surface area contributed by atoms with Gasteiger partial charge in [0.25, 0.3) is 0 Å². The van der Waals surface area contributed by atoms with Crippen LogP contribution in [-0.2, 0) is 0 Å². The summed E-state index contributed by atoms with van der Waals surface area (Å²) in [7, 11) is 0. The van der Waals surface area contributed by atoms with Crippen LogP contribution in [0.4, 0.5) is 5.82 Å². The minimum absolute atomic E-state index is 0.540. The van der Waals surface area contributed by atoms with Crippen molar-refractivity contribution in [2.75, 3.05) is 11.9 Å². The third-order valence-electron chi connectivity index (χ3n) is 5.72. The molecule has 5 heteroatoms. The predicted molar refractivity (Wildman–Crippen MR) is 130 cm³/mol. The number of hydrogen-bond donors (Lipinski definition) is 2. The maximum atomic E-state index is 10.0. The van der Waals surface area contributed by atoms with Gasteiger partial charge in [0, 0.05) is 34.3 Å². The highest BCUT2D eigenvalue weighted by atomic mass is 35.5. The first-order chi connectivity index (χ1) is 15.5. The minimum atomic E-state index is -0.551. The van der Waals surface area contributed by atoms with Crippen molar-refractivity contribution in [2.45, 2.75) is 25.4 Å². The van der Waals surface area contributed by atoms with E-state index in [-0.39, 0.29) is 0 Å². The molecule has 0 saturated heterocycles. The molecule has 1 aliphatic carbocycles. The summed E-state index contributed by atoms with van der Waals surface area (Å²) < 4.78 is 0. The molecule has 1 fully saturated rings. The van der Waals surface area contributed by atoms with Gasteiger partial charge in [0.05, 0.1) is 11.1 Å². The highest BCUT2D eigenvalue weighted by Crippen LogP contribution is 2.35. The molecule has 0 bridgehead atoms. The van der Waals surface area contributed by atoms with Crippen molar-refractivity contribution in [3.05, 3.63) is 88.7 Å². The molecule has 0 unspecified atom stereocenters. The van der Waals surface area contributed by atoms with E-state index in [1.807, 2.05) is 60.8 Å². The van der Waals surface area contributed by atoms with Crippen LogP contribution in [0.1, 0.15) is 29.7 Å². The number of nitrogens with one attached hydrogen (secondary N) is 1. The van der Waals surface area contributed by atoms with Crippen LogP contribution in [0.5, 0.6) is 0 Å². The Labute approximate surface area is 192 Å². The Hall–Kier alpha value is -3.39. The monoisotopic (exact) mass is 439 g/mol. The van der Waals surface area contributed by atoms with Crippen molar-refractivity contribution in [3.8, 4) is 23.0 Å². The number of aliphatic hydroxyl groups is 1. The normalized spacial score (nSPS) is 14.0. The third-order valence-corrected chi connectivity index (χ3v) is 5.97. The molecule has 0 atom stereocenters. The summed E-state index contributed by atoms with van der Waals surface area (Å²) in [6.45, 7) is 2.60. The van der Waals surface area contributed by atoms with Gasteiger partial charge < -0.3 is 10.4 Å². The van der Waals surface area contributed by atoms with E-state index in [0.29, 0.717) is 11.6 Å². The first-order valence-corrected chi connectivity index (χ1v) is 11.0. The average Bonchev–Trinajstić information content (AvgIpc) is 3.55. The van der Waals surface area contributed by atoms with Crippen LogP contribution in [0.15, 0.2) is 66.9 Å². The summed E-state index contributed by atoms with van der Waals surface area (Å²) in [6, 6.07) is 19.7. The second kappa shape index (κ2) is 8.27. The molecule has 0 amide bonds. The first kappa shape index (κ1) is 20.5. The van der Waals surface area contributed by atoms with Gasteiger partial charge in [0.1, 0.15) is 11.5 Å². The zero-order valence-electron chi connectivity index (χ0n) is 17.7. The lowest BCUT2D eigenvalue weighted by atomic mass is 10.1. The van der Waals surface area contributed by atoms with Crippen LogP contribution >= 0.6 is 11.6 Å². The van der Waals surface area contributed by atoms with Crippen molar-refractivity contribution in [2.24, 2.45) is 0 Å².